The largest absolute Gasteiger partial charge is 0.489 e. The van der Waals surface area contributed by atoms with Gasteiger partial charge in [0.15, 0.2) is 5.78 Å². The van der Waals surface area contributed by atoms with Crippen LogP contribution in [0.4, 0.5) is 0 Å². The first-order valence-electron chi connectivity index (χ1n) is 12.1. The molecule has 35 heavy (non-hydrogen) atoms. The van der Waals surface area contributed by atoms with Crippen LogP contribution in [0.1, 0.15) is 59.4 Å². The Hall–Kier alpha value is -3.86. The fourth-order valence-corrected chi connectivity index (χ4v) is 4.37. The average Bonchev–Trinajstić information content (AvgIpc) is 3.21. The van der Waals surface area contributed by atoms with Crippen LogP contribution >= 0.6 is 0 Å². The van der Waals surface area contributed by atoms with Gasteiger partial charge in [-0.3, -0.25) is 9.59 Å². The molecule has 1 aromatic heterocycles. The van der Waals surface area contributed by atoms with E-state index in [0.717, 1.165) is 34.3 Å². The predicted octanol–water partition coefficient (Wildman–Crippen LogP) is 6.58. The van der Waals surface area contributed by atoms with E-state index in [1.807, 2.05) is 60.7 Å². The van der Waals surface area contributed by atoms with Gasteiger partial charge in [0.05, 0.1) is 5.56 Å². The van der Waals surface area contributed by atoms with Gasteiger partial charge in [-0.25, -0.2) is 0 Å². The number of carbonyl (C=O) groups excluding carboxylic acids is 1. The number of rotatable bonds is 11. The number of carboxylic acids is 1. The summed E-state index contributed by atoms with van der Waals surface area (Å²) in [4.78, 5) is 27.9. The minimum absolute atomic E-state index is 0.0638. The van der Waals surface area contributed by atoms with Crippen molar-refractivity contribution in [2.45, 2.75) is 46.1 Å². The van der Waals surface area contributed by atoms with Crippen LogP contribution in [0.3, 0.4) is 0 Å². The summed E-state index contributed by atoms with van der Waals surface area (Å²) in [6.45, 7) is 4.77. The second-order valence-corrected chi connectivity index (χ2v) is 9.33. The third-order valence-electron chi connectivity index (χ3n) is 5.99. The summed E-state index contributed by atoms with van der Waals surface area (Å²) in [5, 5.41) is 9.86. The highest BCUT2D eigenvalue weighted by Crippen LogP contribution is 2.27. The first-order valence-corrected chi connectivity index (χ1v) is 12.1. The van der Waals surface area contributed by atoms with Crippen LogP contribution in [0, 0.1) is 5.92 Å². The molecule has 4 aromatic rings. The zero-order valence-electron chi connectivity index (χ0n) is 20.2. The number of ether oxygens (including phenoxy) is 1. The van der Waals surface area contributed by atoms with Crippen molar-refractivity contribution in [1.82, 2.24) is 4.98 Å². The number of hydrogen-bond acceptors (Lipinski definition) is 3. The smallest absolute Gasteiger partial charge is 0.303 e. The highest BCUT2D eigenvalue weighted by Gasteiger charge is 2.20. The molecule has 0 spiro atoms. The number of ketones is 1. The zero-order chi connectivity index (χ0) is 24.8. The number of para-hydroxylation sites is 1. The molecule has 0 saturated heterocycles. The minimum atomic E-state index is -0.837. The molecule has 0 unspecified atom stereocenters. The number of carbonyl (C=O) groups is 2. The van der Waals surface area contributed by atoms with Gasteiger partial charge in [0, 0.05) is 28.6 Å². The highest BCUT2D eigenvalue weighted by atomic mass is 16.5. The van der Waals surface area contributed by atoms with Crippen molar-refractivity contribution >= 4 is 22.7 Å². The van der Waals surface area contributed by atoms with Crippen LogP contribution in [-0.2, 0) is 24.2 Å². The number of hydrogen-bond donors (Lipinski definition) is 2. The fourth-order valence-electron chi connectivity index (χ4n) is 4.37. The van der Waals surface area contributed by atoms with E-state index in [-0.39, 0.29) is 12.2 Å². The van der Waals surface area contributed by atoms with Crippen molar-refractivity contribution in [3.05, 3.63) is 101 Å². The van der Waals surface area contributed by atoms with Gasteiger partial charge >= 0.3 is 5.97 Å². The van der Waals surface area contributed by atoms with Crippen LogP contribution in [0.15, 0.2) is 72.8 Å². The lowest BCUT2D eigenvalue weighted by atomic mass is 9.97. The maximum Gasteiger partial charge on any atom is 0.303 e. The minimum Gasteiger partial charge on any atom is -0.489 e. The van der Waals surface area contributed by atoms with E-state index in [2.05, 4.69) is 31.0 Å². The van der Waals surface area contributed by atoms with Gasteiger partial charge in [0.1, 0.15) is 12.4 Å². The Morgan fingerprint density at radius 1 is 0.943 bits per heavy atom. The number of benzene rings is 3. The maximum absolute atomic E-state index is 13.6. The van der Waals surface area contributed by atoms with Crippen LogP contribution in [-0.4, -0.2) is 21.8 Å². The highest BCUT2D eigenvalue weighted by molar-refractivity contribution is 6.17. The SMILES string of the molecule is CC(C)Cc1ccc(OCc2cccc(C(=O)c3c(CCCC(=O)O)[nH]c4ccccc34)c2)cc1. The Morgan fingerprint density at radius 2 is 1.71 bits per heavy atom. The molecule has 0 bridgehead atoms. The van der Waals surface area contributed by atoms with Crippen LogP contribution in [0.25, 0.3) is 10.9 Å². The molecule has 0 aliphatic carbocycles. The lowest BCUT2D eigenvalue weighted by Gasteiger charge is -2.10. The standard InChI is InChI=1S/C30H31NO4/c1-20(2)17-21-13-15-24(16-14-21)35-19-22-7-5-8-23(18-22)30(34)29-25-9-3-4-10-26(25)31-27(29)11-6-12-28(32)33/h3-5,7-10,13-16,18,20,31H,6,11-12,17,19H2,1-2H3,(H,32,33). The van der Waals surface area contributed by atoms with Gasteiger partial charge in [-0.15, -0.1) is 0 Å². The molecule has 4 rings (SSSR count). The average molecular weight is 470 g/mol. The summed E-state index contributed by atoms with van der Waals surface area (Å²) in [6.07, 6.45) is 2.06. The Balaban J connectivity index is 1.52. The summed E-state index contributed by atoms with van der Waals surface area (Å²) >= 11 is 0. The van der Waals surface area contributed by atoms with Crippen LogP contribution in [0.5, 0.6) is 5.75 Å². The summed E-state index contributed by atoms with van der Waals surface area (Å²) in [6, 6.07) is 23.4. The molecule has 0 fully saturated rings. The summed E-state index contributed by atoms with van der Waals surface area (Å²) in [5.74, 6) is 0.493. The first-order chi connectivity index (χ1) is 16.9. The summed E-state index contributed by atoms with van der Waals surface area (Å²) < 4.78 is 5.97. The van der Waals surface area contributed by atoms with Crippen molar-refractivity contribution in [3.63, 3.8) is 0 Å². The van der Waals surface area contributed by atoms with Crippen LogP contribution < -0.4 is 4.74 Å². The number of aromatic amines is 1. The van der Waals surface area contributed by atoms with Crippen molar-refractivity contribution in [3.8, 4) is 5.75 Å². The van der Waals surface area contributed by atoms with Crippen LogP contribution in [0.2, 0.25) is 0 Å². The molecular formula is C30H31NO4. The summed E-state index contributed by atoms with van der Waals surface area (Å²) in [7, 11) is 0. The van der Waals surface area contributed by atoms with Gasteiger partial charge in [-0.2, -0.15) is 0 Å². The van der Waals surface area contributed by atoms with E-state index in [9.17, 15) is 9.59 Å². The van der Waals surface area contributed by atoms with Crippen molar-refractivity contribution in [2.75, 3.05) is 0 Å². The quantitative estimate of drug-likeness (QED) is 0.243. The number of carboxylic acid groups (broad SMARTS) is 1. The molecule has 180 valence electrons. The number of fused-ring (bicyclic) bond motifs is 1. The molecule has 3 aromatic carbocycles. The fraction of sp³-hybridized carbons (Fsp3) is 0.267. The molecule has 0 radical (unpaired) electrons. The predicted molar refractivity (Wildman–Crippen MR) is 138 cm³/mol. The Labute approximate surface area is 205 Å². The van der Waals surface area contributed by atoms with Crippen molar-refractivity contribution < 1.29 is 19.4 Å². The topological polar surface area (TPSA) is 79.4 Å². The molecule has 2 N–H and O–H groups in total. The second kappa shape index (κ2) is 11.0. The number of nitrogens with one attached hydrogen (secondary N) is 1. The van der Waals surface area contributed by atoms with Gasteiger partial charge < -0.3 is 14.8 Å². The lowest BCUT2D eigenvalue weighted by molar-refractivity contribution is -0.137. The monoisotopic (exact) mass is 469 g/mol. The number of aliphatic carboxylic acids is 1. The second-order valence-electron chi connectivity index (χ2n) is 9.33. The van der Waals surface area contributed by atoms with Gasteiger partial charge in [0.25, 0.3) is 0 Å². The molecule has 1 heterocycles. The van der Waals surface area contributed by atoms with E-state index >= 15 is 0 Å². The van der Waals surface area contributed by atoms with E-state index < -0.39 is 5.97 Å². The third-order valence-corrected chi connectivity index (χ3v) is 5.99. The van der Waals surface area contributed by atoms with Gasteiger partial charge in [-0.1, -0.05) is 62.4 Å². The maximum atomic E-state index is 13.6. The van der Waals surface area contributed by atoms with E-state index in [4.69, 9.17) is 9.84 Å². The Bertz CT molecular complexity index is 1320. The van der Waals surface area contributed by atoms with E-state index in [0.29, 0.717) is 36.5 Å². The third kappa shape index (κ3) is 6.18. The molecule has 5 nitrogen and oxygen atoms in total. The van der Waals surface area contributed by atoms with E-state index in [1.165, 1.54) is 5.56 Å². The number of aromatic nitrogens is 1. The molecular weight excluding hydrogens is 438 g/mol. The lowest BCUT2D eigenvalue weighted by Crippen LogP contribution is -2.06. The molecule has 0 atom stereocenters. The number of H-pyrrole nitrogens is 1. The van der Waals surface area contributed by atoms with Gasteiger partial charge in [-0.05, 0) is 60.6 Å². The molecule has 0 aliphatic rings. The first kappa shape index (κ1) is 24.3. The van der Waals surface area contributed by atoms with E-state index in [1.54, 1.807) is 0 Å². The van der Waals surface area contributed by atoms with Gasteiger partial charge in [0.2, 0.25) is 0 Å². The molecule has 5 heteroatoms. The van der Waals surface area contributed by atoms with Crippen molar-refractivity contribution in [1.29, 1.82) is 0 Å². The zero-order valence-corrected chi connectivity index (χ0v) is 20.2. The molecule has 0 aliphatic heterocycles. The molecule has 0 saturated carbocycles. The molecule has 0 amide bonds. The Morgan fingerprint density at radius 3 is 2.46 bits per heavy atom. The summed E-state index contributed by atoms with van der Waals surface area (Å²) in [5.41, 5.74) is 5.06. The Kier molecular flexibility index (Phi) is 7.66. The van der Waals surface area contributed by atoms with Crippen molar-refractivity contribution in [2.24, 2.45) is 5.92 Å². The number of aryl methyl sites for hydroxylation is 1. The normalized spacial score (nSPS) is 11.2.